The van der Waals surface area contributed by atoms with Gasteiger partial charge in [0, 0.05) is 12.6 Å². The molecule has 0 saturated heterocycles. The average Bonchev–Trinajstić information content (AvgIpc) is 2.59. The van der Waals surface area contributed by atoms with Crippen LogP contribution in [0.25, 0.3) is 0 Å². The Morgan fingerprint density at radius 2 is 1.68 bits per heavy atom. The first kappa shape index (κ1) is 21.5. The number of amides is 2. The SMILES string of the molecule is CC(=O)N(CC(=O)Nc1ccc(C(F)(F)F)cc1)c1c(C)cccc1C(C)C. The van der Waals surface area contributed by atoms with E-state index >= 15 is 0 Å². The van der Waals surface area contributed by atoms with Crippen LogP contribution < -0.4 is 10.2 Å². The van der Waals surface area contributed by atoms with Gasteiger partial charge in [0.05, 0.1) is 11.3 Å². The third-order valence-corrected chi connectivity index (χ3v) is 4.34. The molecule has 0 aliphatic heterocycles. The fourth-order valence-corrected chi connectivity index (χ4v) is 2.95. The second-order valence-corrected chi connectivity index (χ2v) is 6.90. The van der Waals surface area contributed by atoms with Crippen molar-refractivity contribution < 1.29 is 22.8 Å². The van der Waals surface area contributed by atoms with E-state index in [4.69, 9.17) is 0 Å². The number of anilines is 2. The molecule has 1 N–H and O–H groups in total. The molecule has 0 bridgehead atoms. The molecule has 2 aromatic rings. The van der Waals surface area contributed by atoms with Crippen LogP contribution in [-0.4, -0.2) is 18.4 Å². The third kappa shape index (κ3) is 5.12. The highest BCUT2D eigenvalue weighted by Crippen LogP contribution is 2.32. The van der Waals surface area contributed by atoms with Gasteiger partial charge in [0.25, 0.3) is 0 Å². The molecule has 0 aromatic heterocycles. The highest BCUT2D eigenvalue weighted by Gasteiger charge is 2.30. The van der Waals surface area contributed by atoms with Crippen LogP contribution in [-0.2, 0) is 15.8 Å². The minimum Gasteiger partial charge on any atom is -0.325 e. The number of aryl methyl sites for hydroxylation is 1. The van der Waals surface area contributed by atoms with Gasteiger partial charge in [-0.25, -0.2) is 0 Å². The van der Waals surface area contributed by atoms with Gasteiger partial charge < -0.3 is 10.2 Å². The zero-order valence-corrected chi connectivity index (χ0v) is 16.2. The van der Waals surface area contributed by atoms with Gasteiger partial charge in [-0.05, 0) is 48.2 Å². The molecule has 7 heteroatoms. The molecular formula is C21H23F3N2O2. The summed E-state index contributed by atoms with van der Waals surface area (Å²) in [6, 6.07) is 9.85. The lowest BCUT2D eigenvalue weighted by molar-refractivity contribution is -0.137. The van der Waals surface area contributed by atoms with Gasteiger partial charge in [0.1, 0.15) is 6.54 Å². The third-order valence-electron chi connectivity index (χ3n) is 4.34. The number of nitrogens with one attached hydrogen (secondary N) is 1. The molecule has 0 aliphatic carbocycles. The maximum absolute atomic E-state index is 12.6. The number of carbonyl (C=O) groups excluding carboxylic acids is 2. The zero-order chi connectivity index (χ0) is 21.1. The van der Waals surface area contributed by atoms with Crippen LogP contribution in [0.5, 0.6) is 0 Å². The zero-order valence-electron chi connectivity index (χ0n) is 16.2. The van der Waals surface area contributed by atoms with Crippen LogP contribution in [0, 0.1) is 6.92 Å². The second-order valence-electron chi connectivity index (χ2n) is 6.90. The summed E-state index contributed by atoms with van der Waals surface area (Å²) in [6.45, 7) is 7.01. The van der Waals surface area contributed by atoms with E-state index in [9.17, 15) is 22.8 Å². The van der Waals surface area contributed by atoms with Gasteiger partial charge in [0.15, 0.2) is 0 Å². The molecule has 28 heavy (non-hydrogen) atoms. The fraction of sp³-hybridized carbons (Fsp3) is 0.333. The topological polar surface area (TPSA) is 49.4 Å². The number of hydrogen-bond acceptors (Lipinski definition) is 2. The summed E-state index contributed by atoms with van der Waals surface area (Å²) < 4.78 is 37.9. The van der Waals surface area contributed by atoms with Gasteiger partial charge in [-0.1, -0.05) is 32.0 Å². The summed E-state index contributed by atoms with van der Waals surface area (Å²) in [5, 5.41) is 2.54. The summed E-state index contributed by atoms with van der Waals surface area (Å²) in [4.78, 5) is 26.1. The van der Waals surface area contributed by atoms with E-state index in [1.54, 1.807) is 0 Å². The highest BCUT2D eigenvalue weighted by atomic mass is 19.4. The van der Waals surface area contributed by atoms with Crippen molar-refractivity contribution in [3.8, 4) is 0 Å². The number of para-hydroxylation sites is 1. The monoisotopic (exact) mass is 392 g/mol. The number of halogens is 3. The maximum atomic E-state index is 12.6. The number of nitrogens with zero attached hydrogens (tertiary/aromatic N) is 1. The molecule has 0 saturated carbocycles. The number of hydrogen-bond donors (Lipinski definition) is 1. The quantitative estimate of drug-likeness (QED) is 0.767. The lowest BCUT2D eigenvalue weighted by atomic mass is 9.97. The Balaban J connectivity index is 2.22. The van der Waals surface area contributed by atoms with Crippen LogP contribution in [0.1, 0.15) is 43.4 Å². The Bertz CT molecular complexity index is 859. The molecule has 0 fully saturated rings. The fourth-order valence-electron chi connectivity index (χ4n) is 2.95. The first-order valence-corrected chi connectivity index (χ1v) is 8.85. The number of benzene rings is 2. The molecule has 0 unspecified atom stereocenters. The number of carbonyl (C=O) groups is 2. The van der Waals surface area contributed by atoms with Gasteiger partial charge in [-0.15, -0.1) is 0 Å². The minimum absolute atomic E-state index is 0.148. The summed E-state index contributed by atoms with van der Waals surface area (Å²) in [5.41, 5.74) is 1.93. The van der Waals surface area contributed by atoms with Crippen molar-refractivity contribution in [2.75, 3.05) is 16.8 Å². The predicted octanol–water partition coefficient (Wildman–Crippen LogP) is 5.13. The molecule has 0 heterocycles. The van der Waals surface area contributed by atoms with Crippen molar-refractivity contribution in [2.45, 2.75) is 39.8 Å². The Labute approximate surface area is 162 Å². The first-order valence-electron chi connectivity index (χ1n) is 8.85. The summed E-state index contributed by atoms with van der Waals surface area (Å²) >= 11 is 0. The molecule has 0 atom stereocenters. The first-order chi connectivity index (χ1) is 13.0. The van der Waals surface area contributed by atoms with Crippen molar-refractivity contribution in [3.05, 3.63) is 59.2 Å². The van der Waals surface area contributed by atoms with E-state index in [-0.39, 0.29) is 24.1 Å². The van der Waals surface area contributed by atoms with Crippen molar-refractivity contribution >= 4 is 23.2 Å². The average molecular weight is 392 g/mol. The molecule has 4 nitrogen and oxygen atoms in total. The van der Waals surface area contributed by atoms with Crippen molar-refractivity contribution in [1.29, 1.82) is 0 Å². The molecule has 2 rings (SSSR count). The van der Waals surface area contributed by atoms with Crippen LogP contribution >= 0.6 is 0 Å². The standard InChI is InChI=1S/C21H23F3N2O2/c1-13(2)18-7-5-6-14(3)20(18)26(15(4)27)12-19(28)25-17-10-8-16(9-11-17)21(22,23)24/h5-11,13H,12H2,1-4H3,(H,25,28). The summed E-state index contributed by atoms with van der Waals surface area (Å²) in [6.07, 6.45) is -4.44. The molecule has 2 amide bonds. The van der Waals surface area contributed by atoms with E-state index < -0.39 is 17.6 Å². The van der Waals surface area contributed by atoms with E-state index in [0.29, 0.717) is 5.69 Å². The molecule has 0 spiro atoms. The highest BCUT2D eigenvalue weighted by molar-refractivity contribution is 6.02. The minimum atomic E-state index is -4.44. The van der Waals surface area contributed by atoms with Crippen molar-refractivity contribution in [2.24, 2.45) is 0 Å². The molecule has 0 radical (unpaired) electrons. The van der Waals surface area contributed by atoms with Crippen LogP contribution in [0.15, 0.2) is 42.5 Å². The van der Waals surface area contributed by atoms with Crippen molar-refractivity contribution in [1.82, 2.24) is 0 Å². The Morgan fingerprint density at radius 3 is 2.18 bits per heavy atom. The Kier molecular flexibility index (Phi) is 6.48. The van der Waals surface area contributed by atoms with E-state index in [0.717, 1.165) is 23.3 Å². The van der Waals surface area contributed by atoms with Gasteiger partial charge in [0.2, 0.25) is 11.8 Å². The second kappa shape index (κ2) is 8.46. The number of alkyl halides is 3. The maximum Gasteiger partial charge on any atom is 0.416 e. The van der Waals surface area contributed by atoms with E-state index in [2.05, 4.69) is 5.32 Å². The Hall–Kier alpha value is -2.83. The summed E-state index contributed by atoms with van der Waals surface area (Å²) in [5.74, 6) is -0.638. The number of rotatable bonds is 5. The van der Waals surface area contributed by atoms with E-state index in [1.165, 1.54) is 24.0 Å². The van der Waals surface area contributed by atoms with Gasteiger partial charge in [-0.2, -0.15) is 13.2 Å². The Morgan fingerprint density at radius 1 is 1.07 bits per heavy atom. The lowest BCUT2D eigenvalue weighted by Crippen LogP contribution is -2.37. The van der Waals surface area contributed by atoms with Crippen LogP contribution in [0.4, 0.5) is 24.5 Å². The normalized spacial score (nSPS) is 11.4. The molecular weight excluding hydrogens is 369 g/mol. The van der Waals surface area contributed by atoms with Crippen LogP contribution in [0.2, 0.25) is 0 Å². The largest absolute Gasteiger partial charge is 0.416 e. The molecule has 2 aromatic carbocycles. The molecule has 150 valence electrons. The van der Waals surface area contributed by atoms with Gasteiger partial charge in [-0.3, -0.25) is 9.59 Å². The summed E-state index contributed by atoms with van der Waals surface area (Å²) in [7, 11) is 0. The van der Waals surface area contributed by atoms with E-state index in [1.807, 2.05) is 39.0 Å². The van der Waals surface area contributed by atoms with Crippen molar-refractivity contribution in [3.63, 3.8) is 0 Å². The lowest BCUT2D eigenvalue weighted by Gasteiger charge is -2.27. The van der Waals surface area contributed by atoms with Gasteiger partial charge >= 0.3 is 6.18 Å². The van der Waals surface area contributed by atoms with Crippen LogP contribution in [0.3, 0.4) is 0 Å². The predicted molar refractivity (Wildman–Crippen MR) is 103 cm³/mol. The molecule has 0 aliphatic rings. The smallest absolute Gasteiger partial charge is 0.325 e.